The lowest BCUT2D eigenvalue weighted by Gasteiger charge is -2.18. The van der Waals surface area contributed by atoms with Crippen LogP contribution in [0.2, 0.25) is 0 Å². The molecule has 6 heteroatoms. The lowest BCUT2D eigenvalue weighted by molar-refractivity contribution is -0.167. The van der Waals surface area contributed by atoms with Crippen molar-refractivity contribution in [1.82, 2.24) is 0 Å². The quantitative estimate of drug-likeness (QED) is 0.0262. The Labute approximate surface area is 387 Å². The van der Waals surface area contributed by atoms with Crippen LogP contribution in [0.25, 0.3) is 0 Å². The van der Waals surface area contributed by atoms with E-state index in [-0.39, 0.29) is 31.1 Å². The van der Waals surface area contributed by atoms with E-state index in [0.717, 1.165) is 161 Å². The second kappa shape index (κ2) is 51.0. The van der Waals surface area contributed by atoms with Gasteiger partial charge < -0.3 is 14.2 Å². The van der Waals surface area contributed by atoms with E-state index in [0.29, 0.717) is 19.3 Å². The Bertz CT molecular complexity index is 1210. The van der Waals surface area contributed by atoms with Gasteiger partial charge in [-0.05, 0) is 116 Å². The molecular weight excluding hydrogens is 781 g/mol. The van der Waals surface area contributed by atoms with E-state index in [2.05, 4.69) is 118 Å². The first-order chi connectivity index (χ1) is 31.0. The van der Waals surface area contributed by atoms with Crippen LogP contribution in [0.3, 0.4) is 0 Å². The third-order valence-corrected chi connectivity index (χ3v) is 10.6. The SMILES string of the molecule is CCC=CCC=CCC=CCCCCCCCC(=O)OCC(COC(=O)CCCCCCCC=CCC=CCC=CCC)OC(=O)CCCCCCCC=CCC=CCCCCC. The minimum Gasteiger partial charge on any atom is -0.462 e. The number of hydrogen-bond donors (Lipinski definition) is 0. The van der Waals surface area contributed by atoms with Gasteiger partial charge in [-0.25, -0.2) is 0 Å². The van der Waals surface area contributed by atoms with Gasteiger partial charge in [0.25, 0.3) is 0 Å². The maximum Gasteiger partial charge on any atom is 0.306 e. The first kappa shape index (κ1) is 59.3. The summed E-state index contributed by atoms with van der Waals surface area (Å²) in [6, 6.07) is 0. The van der Waals surface area contributed by atoms with E-state index in [4.69, 9.17) is 14.2 Å². The largest absolute Gasteiger partial charge is 0.462 e. The monoisotopic (exact) mass is 875 g/mol. The van der Waals surface area contributed by atoms with Crippen LogP contribution in [-0.4, -0.2) is 37.2 Å². The fraction of sp³-hybridized carbons (Fsp3) is 0.667. The summed E-state index contributed by atoms with van der Waals surface area (Å²) in [5, 5.41) is 0. The standard InChI is InChI=1S/C57H94O6/c1-4-7-10-13-16-19-22-25-28-31-34-37-40-43-46-49-55(58)61-52-54(63-57(60)51-48-45-42-39-36-33-30-27-24-21-18-15-12-9-6-3)53-62-56(59)50-47-44-41-38-35-32-29-26-23-20-17-14-11-8-5-2/h7-8,10-11,16-21,25-30,54H,4-6,9,12-15,22-24,31-53H2,1-3H3. The predicted octanol–water partition coefficient (Wildman–Crippen LogP) is 17.0. The van der Waals surface area contributed by atoms with Crippen LogP contribution < -0.4 is 0 Å². The van der Waals surface area contributed by atoms with Gasteiger partial charge in [-0.2, -0.15) is 0 Å². The molecule has 6 nitrogen and oxygen atoms in total. The van der Waals surface area contributed by atoms with Crippen molar-refractivity contribution < 1.29 is 28.6 Å². The molecule has 0 aliphatic rings. The molecule has 0 radical (unpaired) electrons. The highest BCUT2D eigenvalue weighted by Gasteiger charge is 2.19. The number of ether oxygens (including phenoxy) is 3. The van der Waals surface area contributed by atoms with E-state index in [9.17, 15) is 14.4 Å². The van der Waals surface area contributed by atoms with E-state index in [1.807, 2.05) is 0 Å². The van der Waals surface area contributed by atoms with Crippen molar-refractivity contribution >= 4 is 17.9 Å². The normalized spacial score (nSPS) is 12.9. The van der Waals surface area contributed by atoms with E-state index in [1.165, 1.54) is 25.7 Å². The van der Waals surface area contributed by atoms with Crippen molar-refractivity contribution in [3.63, 3.8) is 0 Å². The van der Waals surface area contributed by atoms with Crippen molar-refractivity contribution in [3.05, 3.63) is 97.2 Å². The van der Waals surface area contributed by atoms with Crippen molar-refractivity contribution in [3.8, 4) is 0 Å². The van der Waals surface area contributed by atoms with Crippen LogP contribution in [0, 0.1) is 0 Å². The molecule has 0 amide bonds. The van der Waals surface area contributed by atoms with Crippen LogP contribution in [0.4, 0.5) is 0 Å². The summed E-state index contributed by atoms with van der Waals surface area (Å²) in [5.74, 6) is -0.949. The summed E-state index contributed by atoms with van der Waals surface area (Å²) < 4.78 is 16.8. The smallest absolute Gasteiger partial charge is 0.306 e. The van der Waals surface area contributed by atoms with Crippen LogP contribution in [-0.2, 0) is 28.6 Å². The Balaban J connectivity index is 4.48. The van der Waals surface area contributed by atoms with Gasteiger partial charge in [0.05, 0.1) is 0 Å². The molecule has 358 valence electrons. The second-order valence-corrected chi connectivity index (χ2v) is 16.7. The Morgan fingerprint density at radius 1 is 0.333 bits per heavy atom. The highest BCUT2D eigenvalue weighted by molar-refractivity contribution is 5.71. The number of esters is 3. The average molecular weight is 875 g/mol. The zero-order valence-corrected chi connectivity index (χ0v) is 40.8. The highest BCUT2D eigenvalue weighted by atomic mass is 16.6. The Morgan fingerprint density at radius 2 is 0.619 bits per heavy atom. The molecule has 0 atom stereocenters. The molecule has 0 bridgehead atoms. The van der Waals surface area contributed by atoms with Gasteiger partial charge in [-0.1, -0.05) is 189 Å². The molecule has 0 spiro atoms. The van der Waals surface area contributed by atoms with Crippen molar-refractivity contribution in [2.75, 3.05) is 13.2 Å². The minimum absolute atomic E-state index is 0.0992. The van der Waals surface area contributed by atoms with Crippen molar-refractivity contribution in [1.29, 1.82) is 0 Å². The molecule has 0 aromatic carbocycles. The third kappa shape index (κ3) is 49.2. The summed E-state index contributed by atoms with van der Waals surface area (Å²) >= 11 is 0. The van der Waals surface area contributed by atoms with Crippen LogP contribution in [0.5, 0.6) is 0 Å². The third-order valence-electron chi connectivity index (χ3n) is 10.6. The van der Waals surface area contributed by atoms with Gasteiger partial charge in [-0.15, -0.1) is 0 Å². The molecule has 0 aromatic rings. The van der Waals surface area contributed by atoms with Gasteiger partial charge in [-0.3, -0.25) is 14.4 Å². The fourth-order valence-corrected chi connectivity index (χ4v) is 6.73. The molecular formula is C57H94O6. The lowest BCUT2D eigenvalue weighted by atomic mass is 10.1. The van der Waals surface area contributed by atoms with Gasteiger partial charge in [0.15, 0.2) is 6.10 Å². The summed E-state index contributed by atoms with van der Waals surface area (Å²) in [6.07, 6.45) is 66.7. The topological polar surface area (TPSA) is 78.9 Å². The molecule has 0 saturated carbocycles. The highest BCUT2D eigenvalue weighted by Crippen LogP contribution is 2.13. The van der Waals surface area contributed by atoms with Gasteiger partial charge in [0.2, 0.25) is 0 Å². The molecule has 0 rings (SSSR count). The molecule has 0 saturated heterocycles. The molecule has 0 aliphatic carbocycles. The molecule has 63 heavy (non-hydrogen) atoms. The maximum atomic E-state index is 12.8. The van der Waals surface area contributed by atoms with Crippen molar-refractivity contribution in [2.24, 2.45) is 0 Å². The number of carbonyl (C=O) groups excluding carboxylic acids is 3. The summed E-state index contributed by atoms with van der Waals surface area (Å²) in [5.41, 5.74) is 0. The van der Waals surface area contributed by atoms with Gasteiger partial charge in [0.1, 0.15) is 13.2 Å². The zero-order valence-electron chi connectivity index (χ0n) is 40.8. The number of rotatable bonds is 45. The first-order valence-corrected chi connectivity index (χ1v) is 25.7. The summed E-state index contributed by atoms with van der Waals surface area (Å²) in [6.45, 7) is 6.34. The van der Waals surface area contributed by atoms with Crippen LogP contribution >= 0.6 is 0 Å². The number of carbonyl (C=O) groups is 3. The van der Waals surface area contributed by atoms with Crippen molar-refractivity contribution in [2.45, 2.75) is 232 Å². The molecule has 0 aromatic heterocycles. The lowest BCUT2D eigenvalue weighted by Crippen LogP contribution is -2.30. The molecule has 0 N–H and O–H groups in total. The predicted molar refractivity (Wildman–Crippen MR) is 270 cm³/mol. The van der Waals surface area contributed by atoms with Crippen LogP contribution in [0.1, 0.15) is 226 Å². The maximum absolute atomic E-state index is 12.8. The van der Waals surface area contributed by atoms with E-state index in [1.54, 1.807) is 0 Å². The molecule has 0 unspecified atom stereocenters. The number of allylic oxidation sites excluding steroid dienone is 16. The fourth-order valence-electron chi connectivity index (χ4n) is 6.73. The Hall–Kier alpha value is -3.67. The molecule has 0 aliphatic heterocycles. The number of unbranched alkanes of at least 4 members (excludes halogenated alkanes) is 18. The molecule has 0 heterocycles. The number of hydrogen-bond acceptors (Lipinski definition) is 6. The zero-order chi connectivity index (χ0) is 45.8. The van der Waals surface area contributed by atoms with Gasteiger partial charge >= 0.3 is 17.9 Å². The summed E-state index contributed by atoms with van der Waals surface area (Å²) in [4.78, 5) is 38.0. The summed E-state index contributed by atoms with van der Waals surface area (Å²) in [7, 11) is 0. The second-order valence-electron chi connectivity index (χ2n) is 16.7. The Morgan fingerprint density at radius 3 is 0.968 bits per heavy atom. The van der Waals surface area contributed by atoms with Crippen LogP contribution in [0.15, 0.2) is 97.2 Å². The Kier molecular flexibility index (Phi) is 48.0. The van der Waals surface area contributed by atoms with E-state index < -0.39 is 6.10 Å². The van der Waals surface area contributed by atoms with Gasteiger partial charge in [0, 0.05) is 19.3 Å². The van der Waals surface area contributed by atoms with E-state index >= 15 is 0 Å². The minimum atomic E-state index is -0.800. The molecule has 0 fully saturated rings. The average Bonchev–Trinajstić information content (AvgIpc) is 3.28. The first-order valence-electron chi connectivity index (χ1n) is 25.7.